The lowest BCUT2D eigenvalue weighted by Crippen LogP contribution is -2.40. The van der Waals surface area contributed by atoms with E-state index in [9.17, 15) is 4.79 Å². The monoisotopic (exact) mass is 543 g/mol. The lowest BCUT2D eigenvalue weighted by molar-refractivity contribution is 0.220. The van der Waals surface area contributed by atoms with Crippen molar-refractivity contribution in [1.82, 2.24) is 25.4 Å². The van der Waals surface area contributed by atoms with Crippen molar-refractivity contribution in [3.63, 3.8) is 0 Å². The molecule has 2 amide bonds. The Morgan fingerprint density at radius 2 is 1.75 bits per heavy atom. The summed E-state index contributed by atoms with van der Waals surface area (Å²) in [4.78, 5) is 21.6. The first-order valence-electron chi connectivity index (χ1n) is 14.8. The number of benzene rings is 2. The molecule has 0 bridgehead atoms. The van der Waals surface area contributed by atoms with Gasteiger partial charge in [0.05, 0.1) is 6.61 Å². The van der Waals surface area contributed by atoms with E-state index >= 15 is 0 Å². The van der Waals surface area contributed by atoms with Crippen molar-refractivity contribution >= 4 is 6.03 Å². The number of amides is 2. The molecule has 7 nitrogen and oxygen atoms in total. The Labute approximate surface area is 239 Å². The number of pyridine rings is 1. The summed E-state index contributed by atoms with van der Waals surface area (Å²) in [5, 5.41) is 5.91. The third kappa shape index (κ3) is 10.3. The molecule has 1 atom stereocenters. The van der Waals surface area contributed by atoms with Crippen LogP contribution in [0.5, 0.6) is 5.75 Å². The van der Waals surface area contributed by atoms with Gasteiger partial charge in [-0.1, -0.05) is 55.0 Å². The maximum absolute atomic E-state index is 12.2. The summed E-state index contributed by atoms with van der Waals surface area (Å²) in [6.07, 6.45) is 7.54. The van der Waals surface area contributed by atoms with Crippen molar-refractivity contribution in [1.29, 1.82) is 0 Å². The number of carbonyl (C=O) groups is 1. The normalized spacial score (nSPS) is 14.6. The first kappa shape index (κ1) is 29.6. The van der Waals surface area contributed by atoms with Crippen LogP contribution in [0.1, 0.15) is 54.8 Å². The molecule has 0 spiro atoms. The summed E-state index contributed by atoms with van der Waals surface area (Å²) in [7, 11) is 2.10. The molecule has 1 aliphatic heterocycles. The van der Waals surface area contributed by atoms with E-state index in [4.69, 9.17) is 4.74 Å². The highest BCUT2D eigenvalue weighted by atomic mass is 16.5. The number of hydrogen-bond donors (Lipinski definition) is 2. The quantitative estimate of drug-likeness (QED) is 0.255. The largest absolute Gasteiger partial charge is 0.494 e. The van der Waals surface area contributed by atoms with Gasteiger partial charge in [-0.25, -0.2) is 4.79 Å². The average Bonchev–Trinajstić information content (AvgIpc) is 2.99. The number of piperidine rings is 1. The molecule has 1 unspecified atom stereocenters. The summed E-state index contributed by atoms with van der Waals surface area (Å²) in [6, 6.07) is 24.9. The summed E-state index contributed by atoms with van der Waals surface area (Å²) >= 11 is 0. The molecule has 1 aromatic heterocycles. The number of ether oxygens (including phenoxy) is 1. The van der Waals surface area contributed by atoms with Crippen molar-refractivity contribution in [2.24, 2.45) is 0 Å². The van der Waals surface area contributed by atoms with Crippen molar-refractivity contribution in [2.75, 3.05) is 52.9 Å². The van der Waals surface area contributed by atoms with Crippen molar-refractivity contribution in [2.45, 2.75) is 44.6 Å². The molecule has 0 radical (unpaired) electrons. The van der Waals surface area contributed by atoms with Crippen LogP contribution in [0.3, 0.4) is 0 Å². The number of rotatable bonds is 15. The fourth-order valence-electron chi connectivity index (χ4n) is 5.21. The van der Waals surface area contributed by atoms with Crippen LogP contribution in [0.4, 0.5) is 4.79 Å². The second-order valence-electron chi connectivity index (χ2n) is 10.7. The summed E-state index contributed by atoms with van der Waals surface area (Å²) < 4.78 is 5.94. The van der Waals surface area contributed by atoms with Gasteiger partial charge in [0.2, 0.25) is 0 Å². The van der Waals surface area contributed by atoms with E-state index in [1.165, 1.54) is 43.5 Å². The smallest absolute Gasteiger partial charge is 0.314 e. The van der Waals surface area contributed by atoms with Crippen LogP contribution >= 0.6 is 0 Å². The topological polar surface area (TPSA) is 69.7 Å². The molecule has 214 valence electrons. The highest BCUT2D eigenvalue weighted by Gasteiger charge is 2.16. The number of likely N-dealkylation sites (tertiary alicyclic amines) is 1. The van der Waals surface area contributed by atoms with Crippen molar-refractivity contribution in [3.8, 4) is 5.75 Å². The Morgan fingerprint density at radius 1 is 0.950 bits per heavy atom. The Hall–Kier alpha value is -3.42. The maximum atomic E-state index is 12.2. The molecule has 0 aliphatic carbocycles. The number of carbonyl (C=O) groups excluding carboxylic acids is 1. The summed E-state index contributed by atoms with van der Waals surface area (Å²) in [5.74, 6) is 1.15. The van der Waals surface area contributed by atoms with Gasteiger partial charge in [0.1, 0.15) is 5.75 Å². The Morgan fingerprint density at radius 3 is 2.55 bits per heavy atom. The van der Waals surface area contributed by atoms with Crippen LogP contribution in [-0.2, 0) is 6.54 Å². The fraction of sp³-hybridized carbons (Fsp3) is 0.455. The predicted octanol–water partition coefficient (Wildman–Crippen LogP) is 5.29. The molecule has 2 N–H and O–H groups in total. The minimum Gasteiger partial charge on any atom is -0.494 e. The summed E-state index contributed by atoms with van der Waals surface area (Å²) in [6.45, 7) is 6.83. The molecular weight excluding hydrogens is 498 g/mol. The van der Waals surface area contributed by atoms with Crippen LogP contribution in [-0.4, -0.2) is 73.7 Å². The number of aromatic nitrogens is 1. The number of urea groups is 1. The van der Waals surface area contributed by atoms with Gasteiger partial charge in [-0.3, -0.25) is 9.88 Å². The molecule has 0 saturated carbocycles. The fourth-order valence-corrected chi connectivity index (χ4v) is 5.21. The zero-order valence-corrected chi connectivity index (χ0v) is 23.9. The van der Waals surface area contributed by atoms with Crippen molar-refractivity contribution < 1.29 is 9.53 Å². The van der Waals surface area contributed by atoms with Gasteiger partial charge in [0, 0.05) is 44.0 Å². The van der Waals surface area contributed by atoms with Gasteiger partial charge in [0.15, 0.2) is 0 Å². The van der Waals surface area contributed by atoms with Crippen LogP contribution in [0, 0.1) is 0 Å². The van der Waals surface area contributed by atoms with Crippen LogP contribution in [0.25, 0.3) is 0 Å². The van der Waals surface area contributed by atoms with E-state index in [1.807, 2.05) is 30.5 Å². The van der Waals surface area contributed by atoms with Crippen LogP contribution in [0.2, 0.25) is 0 Å². The molecule has 1 aliphatic rings. The Kier molecular flexibility index (Phi) is 12.3. The molecular formula is C33H45N5O2. The zero-order valence-electron chi connectivity index (χ0n) is 23.9. The van der Waals surface area contributed by atoms with Gasteiger partial charge in [0.25, 0.3) is 0 Å². The van der Waals surface area contributed by atoms with E-state index in [2.05, 4.69) is 81.0 Å². The molecule has 4 rings (SSSR count). The first-order valence-corrected chi connectivity index (χ1v) is 14.8. The Balaban J connectivity index is 1.08. The number of hydrogen-bond acceptors (Lipinski definition) is 5. The van der Waals surface area contributed by atoms with Gasteiger partial charge < -0.3 is 20.3 Å². The highest BCUT2D eigenvalue weighted by molar-refractivity contribution is 5.73. The van der Waals surface area contributed by atoms with E-state index in [0.717, 1.165) is 43.9 Å². The highest BCUT2D eigenvalue weighted by Crippen LogP contribution is 2.26. The SMILES string of the molecule is CN(CCNC(=O)NCCCOc1cccc(CN2CCCCC2)c1)CCC(c1ccccc1)c1ccccn1. The predicted molar refractivity (Wildman–Crippen MR) is 162 cm³/mol. The third-order valence-corrected chi connectivity index (χ3v) is 7.45. The number of nitrogens with one attached hydrogen (secondary N) is 2. The minimum absolute atomic E-state index is 0.132. The standard InChI is InChI=1S/C33H45N5O2/c1-37(23-17-31(29-13-4-2-5-14-29)32-16-6-7-18-34-32)24-20-36-33(39)35-19-11-25-40-30-15-10-12-28(26-30)27-38-21-8-3-9-22-38/h2,4-7,10,12-16,18,26,31H,3,8-9,11,17,19-25,27H2,1H3,(H2,35,36,39). The summed E-state index contributed by atoms with van der Waals surface area (Å²) in [5.41, 5.74) is 3.67. The molecule has 7 heteroatoms. The van der Waals surface area contributed by atoms with Crippen LogP contribution < -0.4 is 15.4 Å². The van der Waals surface area contributed by atoms with E-state index < -0.39 is 0 Å². The average molecular weight is 544 g/mol. The molecule has 2 aromatic carbocycles. The van der Waals surface area contributed by atoms with E-state index in [1.54, 1.807) is 0 Å². The lowest BCUT2D eigenvalue weighted by Gasteiger charge is -2.26. The van der Waals surface area contributed by atoms with Gasteiger partial charge in [-0.2, -0.15) is 0 Å². The number of likely N-dealkylation sites (N-methyl/N-ethyl adjacent to an activating group) is 1. The lowest BCUT2D eigenvalue weighted by atomic mass is 9.92. The van der Waals surface area contributed by atoms with Gasteiger partial charge in [-0.15, -0.1) is 0 Å². The maximum Gasteiger partial charge on any atom is 0.314 e. The minimum atomic E-state index is -0.132. The van der Waals surface area contributed by atoms with E-state index in [-0.39, 0.29) is 11.9 Å². The zero-order chi connectivity index (χ0) is 27.8. The third-order valence-electron chi connectivity index (χ3n) is 7.45. The van der Waals surface area contributed by atoms with Gasteiger partial charge in [-0.05, 0) is 87.8 Å². The molecule has 3 aromatic rings. The van der Waals surface area contributed by atoms with Crippen LogP contribution in [0.15, 0.2) is 79.0 Å². The molecule has 1 saturated heterocycles. The molecule has 2 heterocycles. The van der Waals surface area contributed by atoms with Crippen molar-refractivity contribution in [3.05, 3.63) is 95.8 Å². The first-order chi connectivity index (χ1) is 19.7. The molecule has 40 heavy (non-hydrogen) atoms. The number of nitrogens with zero attached hydrogens (tertiary/aromatic N) is 3. The Bertz CT molecular complexity index is 1080. The second-order valence-corrected chi connectivity index (χ2v) is 10.7. The van der Waals surface area contributed by atoms with Gasteiger partial charge >= 0.3 is 6.03 Å². The van der Waals surface area contributed by atoms with E-state index in [0.29, 0.717) is 19.7 Å². The second kappa shape index (κ2) is 16.6. The molecule has 1 fully saturated rings.